The van der Waals surface area contributed by atoms with E-state index in [0.29, 0.717) is 9.31 Å². The van der Waals surface area contributed by atoms with Crippen molar-refractivity contribution in [1.82, 2.24) is 0 Å². The Bertz CT molecular complexity index is 177. The van der Waals surface area contributed by atoms with Gasteiger partial charge in [0.15, 0.2) is 14.8 Å². The summed E-state index contributed by atoms with van der Waals surface area (Å²) in [5, 5.41) is 0. The highest BCUT2D eigenvalue weighted by Gasteiger charge is 2.32. The second-order valence-corrected chi connectivity index (χ2v) is 17.5. The van der Waals surface area contributed by atoms with E-state index in [9.17, 15) is 0 Å². The lowest BCUT2D eigenvalue weighted by atomic mass is 11.2. The van der Waals surface area contributed by atoms with Crippen molar-refractivity contribution in [2.75, 3.05) is 0 Å². The van der Waals surface area contributed by atoms with E-state index >= 15 is 0 Å². The van der Waals surface area contributed by atoms with Crippen LogP contribution in [0.4, 0.5) is 0 Å². The summed E-state index contributed by atoms with van der Waals surface area (Å²) >= 11 is 24.3. The quantitative estimate of drug-likeness (QED) is 0.511. The van der Waals surface area contributed by atoms with Gasteiger partial charge in [0, 0.05) is 9.31 Å². The van der Waals surface area contributed by atoms with Gasteiger partial charge in [0.05, 0.1) is 0 Å². The molecule has 72 valence electrons. The Morgan fingerprint density at radius 1 is 0.750 bits per heavy atom. The molecule has 0 atom stereocenters. The number of halogens is 4. The Kier molecular flexibility index (Phi) is 4.71. The van der Waals surface area contributed by atoms with Crippen LogP contribution in [0, 0.1) is 0 Å². The fourth-order valence-electron chi connectivity index (χ4n) is 0.522. The average molecular weight is 282 g/mol. The first kappa shape index (κ1) is 13.3. The molecule has 0 nitrogen and oxygen atoms in total. The third-order valence-electron chi connectivity index (χ3n) is 1.24. The van der Waals surface area contributed by atoms with Crippen LogP contribution in [0.3, 0.4) is 0 Å². The van der Waals surface area contributed by atoms with E-state index < -0.39 is 14.8 Å². The fourth-order valence-corrected chi connectivity index (χ4v) is 6.19. The largest absolute Gasteiger partial charge is 0.194 e. The van der Waals surface area contributed by atoms with Crippen molar-refractivity contribution in [3.63, 3.8) is 0 Å². The van der Waals surface area contributed by atoms with Gasteiger partial charge in [-0.25, -0.2) is 0 Å². The van der Waals surface area contributed by atoms with Crippen LogP contribution in [0.2, 0.25) is 26.2 Å². The monoisotopic (exact) mass is 280 g/mol. The molecule has 0 fully saturated rings. The molecule has 0 heterocycles. The molecule has 0 aromatic carbocycles. The molecular weight excluding hydrogens is 270 g/mol. The minimum absolute atomic E-state index is 0.595. The van der Waals surface area contributed by atoms with Gasteiger partial charge in [-0.1, -0.05) is 49.4 Å². The first-order chi connectivity index (χ1) is 5.07. The van der Waals surface area contributed by atoms with Gasteiger partial charge < -0.3 is 0 Å². The third-order valence-corrected chi connectivity index (χ3v) is 9.42. The molecule has 0 radical (unpaired) electrons. The average Bonchev–Trinajstić information content (AvgIpc) is 1.80. The lowest BCUT2D eigenvalue weighted by Crippen LogP contribution is -2.26. The van der Waals surface area contributed by atoms with Crippen molar-refractivity contribution in [3.05, 3.63) is 9.31 Å². The van der Waals surface area contributed by atoms with E-state index in [4.69, 9.17) is 45.4 Å². The fraction of sp³-hybridized carbons (Fsp3) is 0.667. The Balaban J connectivity index is 4.96. The summed E-state index contributed by atoms with van der Waals surface area (Å²) in [5.41, 5.74) is 0. The van der Waals surface area contributed by atoms with E-state index in [1.165, 1.54) is 0 Å². The molecule has 0 bridgehead atoms. The topological polar surface area (TPSA) is 0 Å². The maximum absolute atomic E-state index is 6.11. The summed E-state index contributed by atoms with van der Waals surface area (Å²) in [4.78, 5) is 0. The Labute approximate surface area is 95.3 Å². The van der Waals surface area contributed by atoms with Crippen molar-refractivity contribution in [2.45, 2.75) is 26.2 Å². The molecular formula is C6H12Cl4Si2. The van der Waals surface area contributed by atoms with Gasteiger partial charge in [-0.05, 0) is 0 Å². The van der Waals surface area contributed by atoms with E-state index in [2.05, 4.69) is 0 Å². The summed E-state index contributed by atoms with van der Waals surface area (Å²) in [5.74, 6) is 0. The second kappa shape index (κ2) is 4.24. The molecule has 6 heteroatoms. The molecule has 0 aliphatic carbocycles. The summed E-state index contributed by atoms with van der Waals surface area (Å²) in [6, 6.07) is 0. The number of hydrogen-bond acceptors (Lipinski definition) is 0. The van der Waals surface area contributed by atoms with Crippen LogP contribution in [-0.2, 0) is 0 Å². The van der Waals surface area contributed by atoms with E-state index in [0.717, 1.165) is 0 Å². The van der Waals surface area contributed by atoms with E-state index in [1.54, 1.807) is 0 Å². The summed E-state index contributed by atoms with van der Waals surface area (Å²) in [6.07, 6.45) is 0. The van der Waals surface area contributed by atoms with Gasteiger partial charge in [0.25, 0.3) is 0 Å². The molecule has 0 aromatic rings. The molecule has 0 aliphatic rings. The predicted molar refractivity (Wildman–Crippen MR) is 65.4 cm³/mol. The van der Waals surface area contributed by atoms with Gasteiger partial charge in [0.1, 0.15) is 0 Å². The zero-order valence-electron chi connectivity index (χ0n) is 7.51. The SMILES string of the molecule is C[Si](C)(Cl)C(Cl)=C(Cl)[Si](C)(C)Cl. The van der Waals surface area contributed by atoms with Crippen LogP contribution in [0.1, 0.15) is 0 Å². The molecule has 0 N–H and O–H groups in total. The van der Waals surface area contributed by atoms with Gasteiger partial charge >= 0.3 is 0 Å². The molecule has 0 aromatic heterocycles. The standard InChI is InChI=1S/C6H12Cl4Si2/c1-11(2,9)5(7)6(8)12(3,4)10/h1-4H3. The molecule has 0 unspecified atom stereocenters. The van der Waals surface area contributed by atoms with Gasteiger partial charge in [-0.15, -0.1) is 0 Å². The minimum Gasteiger partial charge on any atom is -0.161 e. The lowest BCUT2D eigenvalue weighted by Gasteiger charge is -2.19. The number of hydrogen-bond donors (Lipinski definition) is 0. The van der Waals surface area contributed by atoms with Crippen LogP contribution < -0.4 is 0 Å². The van der Waals surface area contributed by atoms with Crippen LogP contribution >= 0.6 is 45.4 Å². The first-order valence-corrected chi connectivity index (χ1v) is 12.3. The molecule has 12 heavy (non-hydrogen) atoms. The van der Waals surface area contributed by atoms with Gasteiger partial charge in [0.2, 0.25) is 0 Å². The maximum atomic E-state index is 6.11. The Hall–Kier alpha value is 1.33. The third kappa shape index (κ3) is 4.03. The lowest BCUT2D eigenvalue weighted by molar-refractivity contribution is 1.83. The smallest absolute Gasteiger partial charge is 0.161 e. The zero-order valence-corrected chi connectivity index (χ0v) is 12.5. The molecule has 0 amide bonds. The molecule has 0 saturated heterocycles. The van der Waals surface area contributed by atoms with E-state index in [-0.39, 0.29) is 0 Å². The molecule has 0 spiro atoms. The van der Waals surface area contributed by atoms with Crippen LogP contribution in [0.15, 0.2) is 9.31 Å². The Morgan fingerprint density at radius 3 is 1.00 bits per heavy atom. The van der Waals surface area contributed by atoms with Crippen molar-refractivity contribution < 1.29 is 0 Å². The maximum Gasteiger partial charge on any atom is 0.194 e. The summed E-state index contributed by atoms with van der Waals surface area (Å²) < 4.78 is 1.19. The highest BCUT2D eigenvalue weighted by Crippen LogP contribution is 2.34. The highest BCUT2D eigenvalue weighted by molar-refractivity contribution is 7.30. The molecule has 0 rings (SSSR count). The second-order valence-electron chi connectivity index (χ2n) is 3.57. The van der Waals surface area contributed by atoms with Crippen LogP contribution in [0.5, 0.6) is 0 Å². The number of rotatable bonds is 2. The minimum atomic E-state index is -2.00. The van der Waals surface area contributed by atoms with Crippen molar-refractivity contribution in [3.8, 4) is 0 Å². The summed E-state index contributed by atoms with van der Waals surface area (Å²) in [6.45, 7) is 7.71. The van der Waals surface area contributed by atoms with Gasteiger partial charge in [-0.2, -0.15) is 22.2 Å². The first-order valence-electron chi connectivity index (χ1n) is 3.51. The highest BCUT2D eigenvalue weighted by atomic mass is 35.6. The van der Waals surface area contributed by atoms with E-state index in [1.807, 2.05) is 26.2 Å². The molecule has 0 saturated carbocycles. The summed E-state index contributed by atoms with van der Waals surface area (Å²) in [7, 11) is -4.00. The Morgan fingerprint density at radius 2 is 0.917 bits per heavy atom. The normalized spacial score (nSPS) is 16.0. The van der Waals surface area contributed by atoms with Crippen LogP contribution in [0.25, 0.3) is 0 Å². The van der Waals surface area contributed by atoms with Crippen molar-refractivity contribution >= 4 is 60.1 Å². The van der Waals surface area contributed by atoms with Crippen LogP contribution in [-0.4, -0.2) is 14.8 Å². The molecule has 0 aliphatic heterocycles. The van der Waals surface area contributed by atoms with Gasteiger partial charge in [-0.3, -0.25) is 0 Å². The van der Waals surface area contributed by atoms with Crippen molar-refractivity contribution in [2.24, 2.45) is 0 Å². The van der Waals surface area contributed by atoms with Crippen molar-refractivity contribution in [1.29, 1.82) is 0 Å². The predicted octanol–water partition coefficient (Wildman–Crippen LogP) is 4.64. The zero-order chi connectivity index (χ0) is 10.2.